The zero-order valence-corrected chi connectivity index (χ0v) is 18.6. The molecular formula is C17H35IN4O3. The summed E-state index contributed by atoms with van der Waals surface area (Å²) in [5.74, 6) is 0.758. The molecule has 0 bridgehead atoms. The van der Waals surface area contributed by atoms with E-state index in [9.17, 15) is 4.79 Å². The highest BCUT2D eigenvalue weighted by atomic mass is 127. The van der Waals surface area contributed by atoms with Gasteiger partial charge >= 0.3 is 6.09 Å². The van der Waals surface area contributed by atoms with E-state index in [1.807, 2.05) is 34.6 Å². The lowest BCUT2D eigenvalue weighted by Crippen LogP contribution is -2.44. The minimum Gasteiger partial charge on any atom is -0.444 e. The van der Waals surface area contributed by atoms with E-state index < -0.39 is 5.60 Å². The topological polar surface area (TPSA) is 75.2 Å². The summed E-state index contributed by atoms with van der Waals surface area (Å²) < 4.78 is 11.0. The van der Waals surface area contributed by atoms with Crippen LogP contribution in [0.2, 0.25) is 0 Å². The number of ether oxygens (including phenoxy) is 2. The Kier molecular flexibility index (Phi) is 12.2. The van der Waals surface area contributed by atoms with Crippen LogP contribution in [0.3, 0.4) is 0 Å². The minimum absolute atomic E-state index is 0. The minimum atomic E-state index is -0.477. The molecule has 1 aliphatic rings. The Morgan fingerprint density at radius 1 is 1.32 bits per heavy atom. The Hall–Kier alpha value is -0.770. The molecule has 1 atom stereocenters. The number of nitrogens with one attached hydrogen (secondary N) is 2. The van der Waals surface area contributed by atoms with Crippen LogP contribution in [-0.2, 0) is 9.47 Å². The van der Waals surface area contributed by atoms with Crippen LogP contribution in [0.1, 0.15) is 47.5 Å². The molecule has 2 N–H and O–H groups in total. The van der Waals surface area contributed by atoms with Gasteiger partial charge in [0.15, 0.2) is 5.96 Å². The lowest BCUT2D eigenvalue weighted by molar-refractivity contribution is 0.0264. The summed E-state index contributed by atoms with van der Waals surface area (Å²) >= 11 is 0. The summed E-state index contributed by atoms with van der Waals surface area (Å²) in [5, 5.41) is 6.48. The molecule has 1 amide bonds. The first-order valence-electron chi connectivity index (χ1n) is 8.97. The van der Waals surface area contributed by atoms with Crippen molar-refractivity contribution in [2.75, 3.05) is 39.3 Å². The van der Waals surface area contributed by atoms with Crippen LogP contribution in [0, 0.1) is 0 Å². The number of amides is 1. The average molecular weight is 470 g/mol. The largest absolute Gasteiger partial charge is 0.444 e. The van der Waals surface area contributed by atoms with Crippen LogP contribution in [0.25, 0.3) is 0 Å². The van der Waals surface area contributed by atoms with Crippen LogP contribution in [0.4, 0.5) is 4.79 Å². The van der Waals surface area contributed by atoms with Crippen molar-refractivity contribution in [3.63, 3.8) is 0 Å². The molecule has 1 fully saturated rings. The van der Waals surface area contributed by atoms with Crippen LogP contribution in [0.15, 0.2) is 4.99 Å². The van der Waals surface area contributed by atoms with E-state index in [0.717, 1.165) is 32.0 Å². The van der Waals surface area contributed by atoms with Crippen LogP contribution in [0.5, 0.6) is 0 Å². The lowest BCUT2D eigenvalue weighted by atomic mass is 10.2. The zero-order chi connectivity index (χ0) is 18.0. The molecule has 1 saturated heterocycles. The standard InChI is InChI=1S/C17H34N4O3.HI/c1-6-18-15(20-13-14-9-8-12-23-14)19-10-11-21(7-2)16(22)24-17(3,4)5;/h14H,6-13H2,1-5H3,(H2,18,19,20);1H. The van der Waals surface area contributed by atoms with E-state index in [4.69, 9.17) is 9.47 Å². The molecule has 0 aromatic carbocycles. The molecular weight excluding hydrogens is 435 g/mol. The highest BCUT2D eigenvalue weighted by Gasteiger charge is 2.21. The number of likely N-dealkylation sites (N-methyl/N-ethyl adjacent to an activating group) is 1. The number of guanidine groups is 1. The second kappa shape index (κ2) is 12.6. The van der Waals surface area contributed by atoms with Gasteiger partial charge in [-0.2, -0.15) is 0 Å². The van der Waals surface area contributed by atoms with E-state index in [-0.39, 0.29) is 36.2 Å². The number of aliphatic imine (C=N–C) groups is 1. The quantitative estimate of drug-likeness (QED) is 0.340. The van der Waals surface area contributed by atoms with Gasteiger partial charge in [0.25, 0.3) is 0 Å². The van der Waals surface area contributed by atoms with E-state index in [1.54, 1.807) is 4.90 Å². The van der Waals surface area contributed by atoms with Crippen molar-refractivity contribution in [1.29, 1.82) is 0 Å². The Morgan fingerprint density at radius 2 is 2.04 bits per heavy atom. The first-order valence-corrected chi connectivity index (χ1v) is 8.97. The molecule has 0 spiro atoms. The van der Waals surface area contributed by atoms with Gasteiger partial charge in [0.05, 0.1) is 12.6 Å². The maximum atomic E-state index is 12.1. The van der Waals surface area contributed by atoms with E-state index in [0.29, 0.717) is 26.2 Å². The molecule has 25 heavy (non-hydrogen) atoms. The third-order valence-corrected chi connectivity index (χ3v) is 3.53. The summed E-state index contributed by atoms with van der Waals surface area (Å²) in [5.41, 5.74) is -0.477. The summed E-state index contributed by atoms with van der Waals surface area (Å²) in [7, 11) is 0. The molecule has 1 rings (SSSR count). The molecule has 1 unspecified atom stereocenters. The van der Waals surface area contributed by atoms with Crippen molar-refractivity contribution >= 4 is 36.0 Å². The molecule has 8 heteroatoms. The van der Waals surface area contributed by atoms with Gasteiger partial charge in [-0.15, -0.1) is 24.0 Å². The predicted molar refractivity (Wildman–Crippen MR) is 112 cm³/mol. The van der Waals surface area contributed by atoms with Crippen molar-refractivity contribution in [2.45, 2.75) is 59.2 Å². The van der Waals surface area contributed by atoms with Crippen molar-refractivity contribution < 1.29 is 14.3 Å². The molecule has 0 aromatic rings. The highest BCUT2D eigenvalue weighted by molar-refractivity contribution is 14.0. The molecule has 0 saturated carbocycles. The van der Waals surface area contributed by atoms with Crippen LogP contribution >= 0.6 is 24.0 Å². The third-order valence-electron chi connectivity index (χ3n) is 3.53. The third kappa shape index (κ3) is 10.7. The molecule has 0 aromatic heterocycles. The van der Waals surface area contributed by atoms with Gasteiger partial charge in [-0.25, -0.2) is 4.79 Å². The first-order chi connectivity index (χ1) is 11.4. The number of rotatable bonds is 7. The fraction of sp³-hybridized carbons (Fsp3) is 0.882. The van der Waals surface area contributed by atoms with Gasteiger partial charge in [0.1, 0.15) is 5.60 Å². The van der Waals surface area contributed by atoms with E-state index in [1.165, 1.54) is 0 Å². The monoisotopic (exact) mass is 470 g/mol. The van der Waals surface area contributed by atoms with Crippen LogP contribution in [-0.4, -0.2) is 68.0 Å². The summed E-state index contributed by atoms with van der Waals surface area (Å²) in [6.07, 6.45) is 2.14. The van der Waals surface area contributed by atoms with Gasteiger partial charge < -0.3 is 25.0 Å². The second-order valence-electron chi connectivity index (χ2n) is 6.84. The zero-order valence-electron chi connectivity index (χ0n) is 16.3. The number of hydrogen-bond acceptors (Lipinski definition) is 4. The first kappa shape index (κ1) is 24.2. The Morgan fingerprint density at radius 3 is 2.56 bits per heavy atom. The Balaban J connectivity index is 0.00000576. The second-order valence-corrected chi connectivity index (χ2v) is 6.84. The Labute approximate surface area is 169 Å². The van der Waals surface area contributed by atoms with Gasteiger partial charge in [0.2, 0.25) is 0 Å². The maximum Gasteiger partial charge on any atom is 0.410 e. The van der Waals surface area contributed by atoms with Crippen molar-refractivity contribution in [1.82, 2.24) is 15.5 Å². The van der Waals surface area contributed by atoms with E-state index >= 15 is 0 Å². The SMILES string of the molecule is CCNC(=NCC1CCCO1)NCCN(CC)C(=O)OC(C)(C)C.I. The normalized spacial score (nSPS) is 17.6. The van der Waals surface area contributed by atoms with Crippen molar-refractivity contribution in [3.05, 3.63) is 0 Å². The fourth-order valence-electron chi connectivity index (χ4n) is 2.34. The lowest BCUT2D eigenvalue weighted by Gasteiger charge is -2.26. The molecule has 7 nitrogen and oxygen atoms in total. The number of carbonyl (C=O) groups is 1. The number of carbonyl (C=O) groups excluding carboxylic acids is 1. The van der Waals surface area contributed by atoms with Crippen molar-refractivity contribution in [2.24, 2.45) is 4.99 Å². The maximum absolute atomic E-state index is 12.1. The predicted octanol–water partition coefficient (Wildman–Crippen LogP) is 2.60. The van der Waals surface area contributed by atoms with Gasteiger partial charge in [-0.1, -0.05) is 0 Å². The van der Waals surface area contributed by atoms with Gasteiger partial charge in [-0.05, 0) is 47.5 Å². The Bertz CT molecular complexity index is 407. The highest BCUT2D eigenvalue weighted by Crippen LogP contribution is 2.12. The van der Waals surface area contributed by atoms with Crippen molar-refractivity contribution in [3.8, 4) is 0 Å². The fourth-order valence-corrected chi connectivity index (χ4v) is 2.34. The molecule has 0 radical (unpaired) electrons. The average Bonchev–Trinajstić information content (AvgIpc) is 3.00. The molecule has 1 heterocycles. The number of halogens is 1. The molecule has 1 aliphatic heterocycles. The summed E-state index contributed by atoms with van der Waals surface area (Å²) in [6.45, 7) is 13.7. The molecule has 0 aliphatic carbocycles. The summed E-state index contributed by atoms with van der Waals surface area (Å²) in [6, 6.07) is 0. The number of nitrogens with zero attached hydrogens (tertiary/aromatic N) is 2. The van der Waals surface area contributed by atoms with E-state index in [2.05, 4.69) is 15.6 Å². The van der Waals surface area contributed by atoms with Crippen LogP contribution < -0.4 is 10.6 Å². The van der Waals surface area contributed by atoms with Gasteiger partial charge in [-0.3, -0.25) is 4.99 Å². The smallest absolute Gasteiger partial charge is 0.410 e. The summed E-state index contributed by atoms with van der Waals surface area (Å²) in [4.78, 5) is 18.3. The van der Waals surface area contributed by atoms with Gasteiger partial charge in [0, 0.05) is 32.8 Å². The molecule has 148 valence electrons. The number of hydrogen-bond donors (Lipinski definition) is 2.